The van der Waals surface area contributed by atoms with Gasteiger partial charge in [-0.3, -0.25) is 10.1 Å². The Morgan fingerprint density at radius 1 is 1.47 bits per heavy atom. The third-order valence-corrected chi connectivity index (χ3v) is 3.79. The quantitative estimate of drug-likeness (QED) is 0.678. The number of nitrogens with zero attached hydrogens (tertiary/aromatic N) is 1. The third kappa shape index (κ3) is 3.22. The van der Waals surface area contributed by atoms with E-state index in [0.717, 1.165) is 25.0 Å². The van der Waals surface area contributed by atoms with E-state index in [1.54, 1.807) is 0 Å². The van der Waals surface area contributed by atoms with Crippen LogP contribution in [0.4, 0.5) is 10.1 Å². The molecule has 0 aromatic heterocycles. The second-order valence-corrected chi connectivity index (χ2v) is 5.57. The first-order chi connectivity index (χ1) is 8.91. The lowest BCUT2D eigenvalue weighted by atomic mass is 10.0. The smallest absolute Gasteiger partial charge is 0.315 e. The molecule has 0 heterocycles. The Kier molecular flexibility index (Phi) is 4.05. The van der Waals surface area contributed by atoms with Gasteiger partial charge in [0.25, 0.3) is 0 Å². The van der Waals surface area contributed by atoms with Crippen molar-refractivity contribution in [2.75, 3.05) is 6.61 Å². The molecule has 1 aliphatic carbocycles. The van der Waals surface area contributed by atoms with E-state index >= 15 is 0 Å². The summed E-state index contributed by atoms with van der Waals surface area (Å²) in [7, 11) is 0. The van der Waals surface area contributed by atoms with Crippen molar-refractivity contribution in [1.82, 2.24) is 0 Å². The van der Waals surface area contributed by atoms with Gasteiger partial charge in [-0.05, 0) is 34.8 Å². The van der Waals surface area contributed by atoms with Crippen molar-refractivity contribution in [3.8, 4) is 5.75 Å². The van der Waals surface area contributed by atoms with Crippen LogP contribution in [0, 0.1) is 15.9 Å². The van der Waals surface area contributed by atoms with Crippen molar-refractivity contribution in [2.24, 2.45) is 0 Å². The van der Waals surface area contributed by atoms with Crippen molar-refractivity contribution in [2.45, 2.75) is 31.3 Å². The van der Waals surface area contributed by atoms with Crippen molar-refractivity contribution in [1.29, 1.82) is 0 Å². The fraction of sp³-hybridized carbons (Fsp3) is 0.500. The largest absolute Gasteiger partial charge is 0.483 e. The molecule has 0 unspecified atom stereocenters. The van der Waals surface area contributed by atoms with Crippen molar-refractivity contribution in [3.05, 3.63) is 32.5 Å². The third-order valence-electron chi connectivity index (χ3n) is 3.20. The van der Waals surface area contributed by atoms with Gasteiger partial charge in [-0.1, -0.05) is 12.8 Å². The molecule has 0 atom stereocenters. The van der Waals surface area contributed by atoms with Crippen molar-refractivity contribution < 1.29 is 19.2 Å². The number of nitro benzene ring substituents is 1. The predicted octanol–water partition coefficient (Wildman–Crippen LogP) is 3.18. The number of rotatable bonds is 4. The fourth-order valence-electron chi connectivity index (χ4n) is 2.21. The summed E-state index contributed by atoms with van der Waals surface area (Å²) < 4.78 is 18.7. The van der Waals surface area contributed by atoms with Gasteiger partial charge in [0.1, 0.15) is 12.4 Å². The summed E-state index contributed by atoms with van der Waals surface area (Å²) in [5, 5.41) is 21.0. The van der Waals surface area contributed by atoms with Gasteiger partial charge in [0.2, 0.25) is 5.75 Å². The Bertz CT molecular complexity index is 503. The van der Waals surface area contributed by atoms with Crippen LogP contribution in [0.2, 0.25) is 0 Å². The molecular weight excluding hydrogens is 321 g/mol. The summed E-state index contributed by atoms with van der Waals surface area (Å²) in [5.41, 5.74) is -1.39. The Morgan fingerprint density at radius 3 is 2.68 bits per heavy atom. The molecular formula is C12H13BrFNO4. The van der Waals surface area contributed by atoms with E-state index in [4.69, 9.17) is 4.74 Å². The molecule has 0 aliphatic heterocycles. The Hall–Kier alpha value is -1.21. The highest BCUT2D eigenvalue weighted by Crippen LogP contribution is 2.38. The Labute approximate surface area is 117 Å². The molecule has 0 bridgehead atoms. The molecule has 0 saturated heterocycles. The number of ether oxygens (including phenoxy) is 1. The molecule has 0 amide bonds. The number of aliphatic hydroxyl groups is 1. The zero-order valence-electron chi connectivity index (χ0n) is 10.1. The maximum atomic E-state index is 13.1. The monoisotopic (exact) mass is 333 g/mol. The maximum absolute atomic E-state index is 13.1. The first-order valence-electron chi connectivity index (χ1n) is 5.90. The van der Waals surface area contributed by atoms with E-state index in [1.807, 2.05) is 0 Å². The lowest BCUT2D eigenvalue weighted by Gasteiger charge is -2.22. The van der Waals surface area contributed by atoms with Crippen LogP contribution in [-0.2, 0) is 0 Å². The molecule has 0 spiro atoms. The number of halogens is 2. The minimum Gasteiger partial charge on any atom is -0.483 e. The van der Waals surface area contributed by atoms with Gasteiger partial charge in [0.05, 0.1) is 21.1 Å². The Balaban J connectivity index is 2.21. The zero-order valence-corrected chi connectivity index (χ0v) is 11.7. The van der Waals surface area contributed by atoms with Crippen molar-refractivity contribution in [3.63, 3.8) is 0 Å². The Morgan fingerprint density at radius 2 is 2.11 bits per heavy atom. The second kappa shape index (κ2) is 5.42. The summed E-state index contributed by atoms with van der Waals surface area (Å²) in [6, 6.07) is 1.90. The van der Waals surface area contributed by atoms with Crippen LogP contribution in [0.25, 0.3) is 0 Å². The van der Waals surface area contributed by atoms with Crippen LogP contribution < -0.4 is 4.74 Å². The molecule has 1 aromatic carbocycles. The highest BCUT2D eigenvalue weighted by atomic mass is 79.9. The molecule has 7 heteroatoms. The average Bonchev–Trinajstić information content (AvgIpc) is 2.74. The van der Waals surface area contributed by atoms with Gasteiger partial charge in [0.15, 0.2) is 0 Å². The highest BCUT2D eigenvalue weighted by molar-refractivity contribution is 9.10. The standard InChI is InChI=1S/C12H13BrFNO4/c13-9-5-8(14)6-10(15(17)18)11(9)19-7-12(16)3-1-2-4-12/h5-6,16H,1-4,7H2. The van der Waals surface area contributed by atoms with E-state index in [9.17, 15) is 19.6 Å². The minimum atomic E-state index is -0.943. The van der Waals surface area contributed by atoms with E-state index in [1.165, 1.54) is 0 Å². The maximum Gasteiger partial charge on any atom is 0.315 e. The first-order valence-corrected chi connectivity index (χ1v) is 6.69. The molecule has 0 radical (unpaired) electrons. The summed E-state index contributed by atoms with van der Waals surface area (Å²) in [5.74, 6) is -0.766. The molecule has 104 valence electrons. The number of hydrogen-bond donors (Lipinski definition) is 1. The van der Waals surface area contributed by atoms with Crippen LogP contribution in [0.3, 0.4) is 0 Å². The van der Waals surface area contributed by atoms with Gasteiger partial charge >= 0.3 is 5.69 Å². The first kappa shape index (κ1) is 14.2. The second-order valence-electron chi connectivity index (χ2n) is 4.71. The van der Waals surface area contributed by atoms with Gasteiger partial charge in [0, 0.05) is 0 Å². The van der Waals surface area contributed by atoms with E-state index in [2.05, 4.69) is 15.9 Å². The number of hydrogen-bond acceptors (Lipinski definition) is 4. The summed E-state index contributed by atoms with van der Waals surface area (Å²) >= 11 is 3.04. The summed E-state index contributed by atoms with van der Waals surface area (Å²) in [4.78, 5) is 10.2. The normalized spacial score (nSPS) is 17.4. The van der Waals surface area contributed by atoms with E-state index in [0.29, 0.717) is 12.8 Å². The van der Waals surface area contributed by atoms with E-state index in [-0.39, 0.29) is 16.8 Å². The molecule has 1 aromatic rings. The van der Waals surface area contributed by atoms with E-state index < -0.39 is 22.0 Å². The van der Waals surface area contributed by atoms with Gasteiger partial charge in [-0.2, -0.15) is 0 Å². The molecule has 2 rings (SSSR count). The lowest BCUT2D eigenvalue weighted by Crippen LogP contribution is -2.32. The predicted molar refractivity (Wildman–Crippen MR) is 69.7 cm³/mol. The molecule has 1 fully saturated rings. The summed E-state index contributed by atoms with van der Waals surface area (Å²) in [6.07, 6.45) is 3.04. The number of benzene rings is 1. The van der Waals surface area contributed by atoms with Crippen LogP contribution in [0.1, 0.15) is 25.7 Å². The van der Waals surface area contributed by atoms with Crippen LogP contribution >= 0.6 is 15.9 Å². The van der Waals surface area contributed by atoms with Gasteiger partial charge in [-0.25, -0.2) is 4.39 Å². The highest BCUT2D eigenvalue weighted by Gasteiger charge is 2.33. The minimum absolute atomic E-state index is 0.0297. The fourth-order valence-corrected chi connectivity index (χ4v) is 2.75. The van der Waals surface area contributed by atoms with Crippen LogP contribution in [0.5, 0.6) is 5.75 Å². The van der Waals surface area contributed by atoms with Gasteiger partial charge in [-0.15, -0.1) is 0 Å². The average molecular weight is 334 g/mol. The van der Waals surface area contributed by atoms with Crippen LogP contribution in [0.15, 0.2) is 16.6 Å². The zero-order chi connectivity index (χ0) is 14.0. The molecule has 1 N–H and O–H groups in total. The molecule has 1 aliphatic rings. The van der Waals surface area contributed by atoms with Crippen LogP contribution in [-0.4, -0.2) is 22.2 Å². The van der Waals surface area contributed by atoms with Crippen molar-refractivity contribution >= 4 is 21.6 Å². The summed E-state index contributed by atoms with van der Waals surface area (Å²) in [6.45, 7) is -0.0297. The molecule has 19 heavy (non-hydrogen) atoms. The topological polar surface area (TPSA) is 72.6 Å². The molecule has 5 nitrogen and oxygen atoms in total. The van der Waals surface area contributed by atoms with Gasteiger partial charge < -0.3 is 9.84 Å². The SMILES string of the molecule is O=[N+]([O-])c1cc(F)cc(Br)c1OCC1(O)CCCC1. The number of nitro groups is 1. The lowest BCUT2D eigenvalue weighted by molar-refractivity contribution is -0.386. The molecule has 1 saturated carbocycles.